The molecule has 0 amide bonds. The molecular formula is C16H13N5. The van der Waals surface area contributed by atoms with Crippen molar-refractivity contribution in [2.75, 3.05) is 0 Å². The fourth-order valence-corrected chi connectivity index (χ4v) is 2.86. The number of nitrogens with zero attached hydrogens (tertiary/aromatic N) is 4. The maximum Gasteiger partial charge on any atom is 0.0973 e. The van der Waals surface area contributed by atoms with Crippen molar-refractivity contribution < 1.29 is 0 Å². The van der Waals surface area contributed by atoms with Gasteiger partial charge in [-0.05, 0) is 31.5 Å². The van der Waals surface area contributed by atoms with Gasteiger partial charge in [-0.1, -0.05) is 6.07 Å². The zero-order valence-corrected chi connectivity index (χ0v) is 11.8. The Morgan fingerprint density at radius 1 is 1.24 bits per heavy atom. The predicted molar refractivity (Wildman–Crippen MR) is 79.4 cm³/mol. The molecule has 0 fully saturated rings. The molecule has 1 N–H and O–H groups in total. The number of H-pyrrole nitrogens is 1. The molecule has 5 nitrogen and oxygen atoms in total. The molecule has 102 valence electrons. The zero-order chi connectivity index (χ0) is 15.0. The molecule has 5 heteroatoms. The van der Waals surface area contributed by atoms with E-state index < -0.39 is 5.92 Å². The standard InChI is InChI=1S/C16H13N5/c1-9-13(6-17)16(14(7-18)10(2)20-9)11-3-4-15-12(5-11)8-19-21-15/h3-5,8,13,16H,1-2H3,(H,19,21). The molecule has 2 heterocycles. The number of aromatic nitrogens is 2. The maximum absolute atomic E-state index is 9.48. The molecule has 2 atom stereocenters. The molecule has 0 saturated carbocycles. The number of nitriles is 2. The first-order valence-corrected chi connectivity index (χ1v) is 6.64. The van der Waals surface area contributed by atoms with Crippen LogP contribution in [0.5, 0.6) is 0 Å². The predicted octanol–water partition coefficient (Wildman–Crippen LogP) is 3.06. The second kappa shape index (κ2) is 4.88. The van der Waals surface area contributed by atoms with Crippen molar-refractivity contribution in [3.63, 3.8) is 0 Å². The molecule has 2 unspecified atom stereocenters. The van der Waals surface area contributed by atoms with Crippen LogP contribution in [0, 0.1) is 28.6 Å². The summed E-state index contributed by atoms with van der Waals surface area (Å²) in [6.07, 6.45) is 1.74. The number of hydrogen-bond acceptors (Lipinski definition) is 4. The van der Waals surface area contributed by atoms with Gasteiger partial charge in [-0.3, -0.25) is 10.1 Å². The Morgan fingerprint density at radius 2 is 2.05 bits per heavy atom. The summed E-state index contributed by atoms with van der Waals surface area (Å²) in [5.74, 6) is -0.676. The van der Waals surface area contributed by atoms with Crippen LogP contribution >= 0.6 is 0 Å². The summed E-state index contributed by atoms with van der Waals surface area (Å²) in [6.45, 7) is 3.66. The lowest BCUT2D eigenvalue weighted by atomic mass is 9.77. The van der Waals surface area contributed by atoms with Gasteiger partial charge in [0, 0.05) is 17.0 Å². The fourth-order valence-electron chi connectivity index (χ4n) is 2.86. The Bertz CT molecular complexity index is 857. The van der Waals surface area contributed by atoms with Gasteiger partial charge in [-0.15, -0.1) is 0 Å². The SMILES string of the molecule is CC1=NC(C)=C(C#N)C(c2ccc3[nH]ncc3c2)C1C#N. The topological polar surface area (TPSA) is 88.6 Å². The average Bonchev–Trinajstić information content (AvgIpc) is 2.93. The molecule has 1 aliphatic heterocycles. The normalized spacial score (nSPS) is 21.8. The highest BCUT2D eigenvalue weighted by Gasteiger charge is 2.33. The first-order chi connectivity index (χ1) is 10.2. The van der Waals surface area contributed by atoms with Gasteiger partial charge >= 0.3 is 0 Å². The van der Waals surface area contributed by atoms with Crippen LogP contribution in [0.25, 0.3) is 10.9 Å². The second-order valence-corrected chi connectivity index (χ2v) is 5.17. The van der Waals surface area contributed by atoms with E-state index in [0.717, 1.165) is 22.2 Å². The van der Waals surface area contributed by atoms with E-state index in [1.807, 2.05) is 32.0 Å². The monoisotopic (exact) mass is 275 g/mol. The number of aromatic amines is 1. The van der Waals surface area contributed by atoms with Gasteiger partial charge < -0.3 is 0 Å². The van der Waals surface area contributed by atoms with E-state index >= 15 is 0 Å². The number of nitrogens with one attached hydrogen (secondary N) is 1. The number of fused-ring (bicyclic) bond motifs is 1. The van der Waals surface area contributed by atoms with E-state index in [2.05, 4.69) is 27.3 Å². The van der Waals surface area contributed by atoms with Crippen LogP contribution in [0.1, 0.15) is 25.3 Å². The lowest BCUT2D eigenvalue weighted by molar-refractivity contribution is 0.704. The summed E-state index contributed by atoms with van der Waals surface area (Å²) >= 11 is 0. The van der Waals surface area contributed by atoms with Gasteiger partial charge in [-0.25, -0.2) is 0 Å². The fraction of sp³-hybridized carbons (Fsp3) is 0.250. The van der Waals surface area contributed by atoms with E-state index in [9.17, 15) is 10.5 Å². The quantitative estimate of drug-likeness (QED) is 0.867. The Labute approximate surface area is 122 Å². The highest BCUT2D eigenvalue weighted by molar-refractivity contribution is 5.91. The summed E-state index contributed by atoms with van der Waals surface area (Å²) < 4.78 is 0. The third-order valence-corrected chi connectivity index (χ3v) is 3.91. The van der Waals surface area contributed by atoms with Gasteiger partial charge in [0.2, 0.25) is 0 Å². The molecule has 0 radical (unpaired) electrons. The number of hydrogen-bond donors (Lipinski definition) is 1. The Kier molecular flexibility index (Phi) is 3.04. The minimum absolute atomic E-state index is 0.267. The van der Waals surface area contributed by atoms with Crippen LogP contribution in [0.15, 0.2) is 40.7 Å². The molecule has 3 rings (SSSR count). The smallest absolute Gasteiger partial charge is 0.0973 e. The lowest BCUT2D eigenvalue weighted by Crippen LogP contribution is -2.24. The minimum atomic E-state index is -0.410. The summed E-state index contributed by atoms with van der Waals surface area (Å²) in [6, 6.07) is 10.4. The van der Waals surface area contributed by atoms with Crippen molar-refractivity contribution in [3.8, 4) is 12.1 Å². The molecule has 1 aromatic heterocycles. The number of aliphatic imine (C=N–C) groups is 1. The van der Waals surface area contributed by atoms with Crippen molar-refractivity contribution in [3.05, 3.63) is 41.2 Å². The Morgan fingerprint density at radius 3 is 2.76 bits per heavy atom. The summed E-state index contributed by atoms with van der Waals surface area (Å²) in [5.41, 5.74) is 3.90. The van der Waals surface area contributed by atoms with Crippen molar-refractivity contribution in [2.45, 2.75) is 19.8 Å². The van der Waals surface area contributed by atoms with Crippen LogP contribution in [0.4, 0.5) is 0 Å². The molecule has 1 aromatic carbocycles. The van der Waals surface area contributed by atoms with Crippen LogP contribution in [-0.2, 0) is 0 Å². The average molecular weight is 275 g/mol. The van der Waals surface area contributed by atoms with E-state index in [1.165, 1.54) is 0 Å². The highest BCUT2D eigenvalue weighted by Crippen LogP contribution is 2.38. The van der Waals surface area contributed by atoms with Crippen LogP contribution < -0.4 is 0 Å². The van der Waals surface area contributed by atoms with Gasteiger partial charge in [-0.2, -0.15) is 15.6 Å². The minimum Gasteiger partial charge on any atom is -0.278 e. The van der Waals surface area contributed by atoms with Gasteiger partial charge in [0.15, 0.2) is 0 Å². The molecular weight excluding hydrogens is 262 g/mol. The van der Waals surface area contributed by atoms with E-state index in [0.29, 0.717) is 11.3 Å². The molecule has 2 aromatic rings. The molecule has 0 saturated heterocycles. The number of allylic oxidation sites excluding steroid dienone is 2. The van der Waals surface area contributed by atoms with Crippen molar-refractivity contribution in [1.82, 2.24) is 10.2 Å². The maximum atomic E-state index is 9.48. The lowest BCUT2D eigenvalue weighted by Gasteiger charge is -2.26. The Balaban J connectivity index is 2.20. The van der Waals surface area contributed by atoms with E-state index in [1.54, 1.807) is 6.20 Å². The van der Waals surface area contributed by atoms with Gasteiger partial charge in [0.1, 0.15) is 0 Å². The van der Waals surface area contributed by atoms with Crippen LogP contribution in [0.2, 0.25) is 0 Å². The second-order valence-electron chi connectivity index (χ2n) is 5.17. The zero-order valence-electron chi connectivity index (χ0n) is 11.8. The number of rotatable bonds is 1. The summed E-state index contributed by atoms with van der Waals surface area (Å²) in [4.78, 5) is 4.35. The highest BCUT2D eigenvalue weighted by atomic mass is 15.1. The van der Waals surface area contributed by atoms with E-state index in [-0.39, 0.29) is 5.92 Å². The largest absolute Gasteiger partial charge is 0.278 e. The van der Waals surface area contributed by atoms with E-state index in [4.69, 9.17) is 0 Å². The summed E-state index contributed by atoms with van der Waals surface area (Å²) in [5, 5.41) is 26.8. The van der Waals surface area contributed by atoms with Crippen molar-refractivity contribution in [2.24, 2.45) is 10.9 Å². The Hall–Kier alpha value is -2.92. The van der Waals surface area contributed by atoms with Gasteiger partial charge in [0.05, 0.1) is 41.0 Å². The molecule has 1 aliphatic rings. The van der Waals surface area contributed by atoms with Crippen LogP contribution in [0.3, 0.4) is 0 Å². The van der Waals surface area contributed by atoms with Crippen molar-refractivity contribution in [1.29, 1.82) is 10.5 Å². The first kappa shape index (κ1) is 13.1. The molecule has 21 heavy (non-hydrogen) atoms. The number of benzene rings is 1. The summed E-state index contributed by atoms with van der Waals surface area (Å²) in [7, 11) is 0. The molecule has 0 bridgehead atoms. The third kappa shape index (κ3) is 2.00. The van der Waals surface area contributed by atoms with Crippen LogP contribution in [-0.4, -0.2) is 15.9 Å². The first-order valence-electron chi connectivity index (χ1n) is 6.64. The van der Waals surface area contributed by atoms with Gasteiger partial charge in [0.25, 0.3) is 0 Å². The van der Waals surface area contributed by atoms with Crippen molar-refractivity contribution >= 4 is 16.6 Å². The molecule has 0 spiro atoms. The third-order valence-electron chi connectivity index (χ3n) is 3.91. The molecule has 0 aliphatic carbocycles.